The zero-order valence-electron chi connectivity index (χ0n) is 17.5. The molecule has 0 fully saturated rings. The first-order chi connectivity index (χ1) is 14.2. The van der Waals surface area contributed by atoms with Gasteiger partial charge in [0.15, 0.2) is 0 Å². The Morgan fingerprint density at radius 2 is 1.72 bits per heavy atom. The third-order valence-electron chi connectivity index (χ3n) is 6.47. The second kappa shape index (κ2) is 8.98. The molecule has 4 nitrogen and oxygen atoms in total. The molecule has 1 aromatic carbocycles. The summed E-state index contributed by atoms with van der Waals surface area (Å²) in [6, 6.07) is 10.3. The number of aromatic nitrogens is 1. The Morgan fingerprint density at radius 1 is 1.03 bits per heavy atom. The quantitative estimate of drug-likeness (QED) is 0.829. The number of benzene rings is 1. The van der Waals surface area contributed by atoms with Gasteiger partial charge in [0.25, 0.3) is 11.5 Å². The van der Waals surface area contributed by atoms with Crippen LogP contribution in [0, 0.1) is 0 Å². The van der Waals surface area contributed by atoms with E-state index in [0.29, 0.717) is 12.1 Å². The van der Waals surface area contributed by atoms with Crippen LogP contribution in [0.5, 0.6) is 0 Å². The fraction of sp³-hybridized carbons (Fsp3) is 0.520. The van der Waals surface area contributed by atoms with Crippen molar-refractivity contribution in [1.29, 1.82) is 0 Å². The Kier molecular flexibility index (Phi) is 6.17. The molecule has 4 rings (SSSR count). The number of nitrogens with one attached hydrogen (secondary N) is 1. The van der Waals surface area contributed by atoms with Crippen molar-refractivity contribution in [3.05, 3.63) is 68.6 Å². The maximum absolute atomic E-state index is 13.3. The fourth-order valence-corrected chi connectivity index (χ4v) is 4.87. The normalized spacial score (nSPS) is 16.6. The Morgan fingerprint density at radius 3 is 2.41 bits per heavy atom. The van der Waals surface area contributed by atoms with Crippen LogP contribution in [0.15, 0.2) is 35.1 Å². The van der Waals surface area contributed by atoms with E-state index >= 15 is 0 Å². The lowest BCUT2D eigenvalue weighted by Crippen LogP contribution is -2.40. The van der Waals surface area contributed by atoms with Crippen molar-refractivity contribution in [2.75, 3.05) is 0 Å². The van der Waals surface area contributed by atoms with Gasteiger partial charge in [-0.2, -0.15) is 0 Å². The van der Waals surface area contributed by atoms with E-state index in [1.165, 1.54) is 35.2 Å². The number of carbonyl (C=O) groups is 1. The third kappa shape index (κ3) is 4.31. The number of pyridine rings is 1. The SMILES string of the molecule is CCCCn1c2c(cc(C(=O)NC3Cc4ccccc4C3)c1=O)CCCCCC2. The van der Waals surface area contributed by atoms with Crippen LogP contribution >= 0.6 is 0 Å². The molecule has 1 aromatic heterocycles. The highest BCUT2D eigenvalue weighted by Gasteiger charge is 2.25. The first-order valence-electron chi connectivity index (χ1n) is 11.3. The molecule has 0 radical (unpaired) electrons. The van der Waals surface area contributed by atoms with Crippen LogP contribution in [-0.4, -0.2) is 16.5 Å². The van der Waals surface area contributed by atoms with E-state index in [1.54, 1.807) is 0 Å². The Bertz CT molecular complexity index is 919. The predicted molar refractivity (Wildman–Crippen MR) is 117 cm³/mol. The van der Waals surface area contributed by atoms with Gasteiger partial charge in [-0.15, -0.1) is 0 Å². The molecule has 0 spiro atoms. The van der Waals surface area contributed by atoms with Gasteiger partial charge < -0.3 is 9.88 Å². The summed E-state index contributed by atoms with van der Waals surface area (Å²) in [5.74, 6) is -0.206. The zero-order chi connectivity index (χ0) is 20.2. The zero-order valence-corrected chi connectivity index (χ0v) is 17.5. The first-order valence-corrected chi connectivity index (χ1v) is 11.3. The first kappa shape index (κ1) is 19.9. The number of unbranched alkanes of at least 4 members (excludes halogenated alkanes) is 1. The largest absolute Gasteiger partial charge is 0.348 e. The van der Waals surface area contributed by atoms with Crippen molar-refractivity contribution >= 4 is 5.91 Å². The minimum absolute atomic E-state index is 0.0744. The van der Waals surface area contributed by atoms with Gasteiger partial charge in [-0.3, -0.25) is 9.59 Å². The third-order valence-corrected chi connectivity index (χ3v) is 6.47. The van der Waals surface area contributed by atoms with Gasteiger partial charge in [-0.05, 0) is 67.7 Å². The van der Waals surface area contributed by atoms with E-state index in [1.807, 2.05) is 22.8 Å². The monoisotopic (exact) mass is 392 g/mol. The molecule has 2 aromatic rings. The number of carbonyl (C=O) groups excluding carboxylic acids is 1. The maximum atomic E-state index is 13.3. The fourth-order valence-electron chi connectivity index (χ4n) is 4.87. The highest BCUT2D eigenvalue weighted by Crippen LogP contribution is 2.23. The summed E-state index contributed by atoms with van der Waals surface area (Å²) in [7, 11) is 0. The van der Waals surface area contributed by atoms with Crippen LogP contribution in [0.1, 0.15) is 78.2 Å². The molecule has 1 N–H and O–H groups in total. The summed E-state index contributed by atoms with van der Waals surface area (Å²) in [4.78, 5) is 26.4. The lowest BCUT2D eigenvalue weighted by atomic mass is 9.95. The summed E-state index contributed by atoms with van der Waals surface area (Å²) >= 11 is 0. The van der Waals surface area contributed by atoms with Gasteiger partial charge in [0.2, 0.25) is 0 Å². The average Bonchev–Trinajstić information content (AvgIpc) is 3.10. The van der Waals surface area contributed by atoms with Crippen molar-refractivity contribution in [1.82, 2.24) is 9.88 Å². The molecule has 1 amide bonds. The van der Waals surface area contributed by atoms with E-state index in [2.05, 4.69) is 24.4 Å². The summed E-state index contributed by atoms with van der Waals surface area (Å²) in [5.41, 5.74) is 5.21. The van der Waals surface area contributed by atoms with E-state index in [0.717, 1.165) is 51.4 Å². The van der Waals surface area contributed by atoms with Crippen LogP contribution in [0.2, 0.25) is 0 Å². The Labute approximate surface area is 173 Å². The van der Waals surface area contributed by atoms with Gasteiger partial charge in [0.1, 0.15) is 5.56 Å². The number of rotatable bonds is 5. The summed E-state index contributed by atoms with van der Waals surface area (Å²) in [5, 5.41) is 3.15. The summed E-state index contributed by atoms with van der Waals surface area (Å²) in [6.45, 7) is 2.86. The minimum Gasteiger partial charge on any atom is -0.348 e. The molecule has 4 heteroatoms. The minimum atomic E-state index is -0.206. The number of nitrogens with zero attached hydrogens (tertiary/aromatic N) is 1. The number of fused-ring (bicyclic) bond motifs is 2. The molecule has 0 atom stereocenters. The summed E-state index contributed by atoms with van der Waals surface area (Å²) < 4.78 is 1.92. The second-order valence-electron chi connectivity index (χ2n) is 8.60. The van der Waals surface area contributed by atoms with E-state index in [4.69, 9.17) is 0 Å². The maximum Gasteiger partial charge on any atom is 0.263 e. The average molecular weight is 393 g/mol. The van der Waals surface area contributed by atoms with Crippen molar-refractivity contribution in [2.24, 2.45) is 0 Å². The second-order valence-corrected chi connectivity index (χ2v) is 8.60. The smallest absolute Gasteiger partial charge is 0.263 e. The highest BCUT2D eigenvalue weighted by molar-refractivity contribution is 5.94. The molecule has 1 heterocycles. The van der Waals surface area contributed by atoms with Crippen LogP contribution in [0.25, 0.3) is 0 Å². The standard InChI is InChI=1S/C25H32N2O2/c1-2-3-14-27-23-13-7-5-4-6-12-20(23)17-22(25(27)29)24(28)26-21-15-18-10-8-9-11-19(18)16-21/h8-11,17,21H,2-7,12-16H2,1H3,(H,26,28). The van der Waals surface area contributed by atoms with Gasteiger partial charge in [0.05, 0.1) is 0 Å². The van der Waals surface area contributed by atoms with Gasteiger partial charge in [-0.25, -0.2) is 0 Å². The van der Waals surface area contributed by atoms with Crippen LogP contribution in [0.4, 0.5) is 0 Å². The topological polar surface area (TPSA) is 51.1 Å². The van der Waals surface area contributed by atoms with Crippen LogP contribution < -0.4 is 10.9 Å². The number of amides is 1. The number of aryl methyl sites for hydroxylation is 1. The predicted octanol–water partition coefficient (Wildman–Crippen LogP) is 4.20. The highest BCUT2D eigenvalue weighted by atomic mass is 16.2. The van der Waals surface area contributed by atoms with E-state index < -0.39 is 0 Å². The molecule has 154 valence electrons. The molecular formula is C25H32N2O2. The molecule has 0 bridgehead atoms. The molecule has 2 aliphatic carbocycles. The molecule has 29 heavy (non-hydrogen) atoms. The molecule has 2 aliphatic rings. The van der Waals surface area contributed by atoms with Crippen LogP contribution in [-0.2, 0) is 32.2 Å². The van der Waals surface area contributed by atoms with Gasteiger partial charge in [-0.1, -0.05) is 50.5 Å². The van der Waals surface area contributed by atoms with Gasteiger partial charge in [0, 0.05) is 18.3 Å². The molecule has 0 aliphatic heterocycles. The Hall–Kier alpha value is -2.36. The molecular weight excluding hydrogens is 360 g/mol. The summed E-state index contributed by atoms with van der Waals surface area (Å²) in [6.07, 6.45) is 10.3. The van der Waals surface area contributed by atoms with Gasteiger partial charge >= 0.3 is 0 Å². The number of hydrogen-bond acceptors (Lipinski definition) is 2. The van der Waals surface area contributed by atoms with Crippen molar-refractivity contribution in [3.63, 3.8) is 0 Å². The van der Waals surface area contributed by atoms with Crippen molar-refractivity contribution in [2.45, 2.75) is 83.7 Å². The van der Waals surface area contributed by atoms with Crippen molar-refractivity contribution < 1.29 is 4.79 Å². The van der Waals surface area contributed by atoms with E-state index in [-0.39, 0.29) is 17.5 Å². The van der Waals surface area contributed by atoms with Crippen LogP contribution in [0.3, 0.4) is 0 Å². The molecule has 0 saturated heterocycles. The van der Waals surface area contributed by atoms with Crippen molar-refractivity contribution in [3.8, 4) is 0 Å². The number of hydrogen-bond donors (Lipinski definition) is 1. The lowest BCUT2D eigenvalue weighted by molar-refractivity contribution is 0.0936. The van der Waals surface area contributed by atoms with E-state index in [9.17, 15) is 9.59 Å². The Balaban J connectivity index is 1.61. The molecule has 0 unspecified atom stereocenters. The molecule has 0 saturated carbocycles. The lowest BCUT2D eigenvalue weighted by Gasteiger charge is -2.21.